The van der Waals surface area contributed by atoms with E-state index in [4.69, 9.17) is 31.6 Å². The maximum absolute atomic E-state index is 13.0. The Bertz CT molecular complexity index is 1100. The van der Waals surface area contributed by atoms with Gasteiger partial charge in [0.1, 0.15) is 11.8 Å². The molecule has 10 heteroatoms. The second-order valence-electron chi connectivity index (χ2n) is 6.91. The molecule has 0 aliphatic rings. The van der Waals surface area contributed by atoms with Crippen molar-refractivity contribution in [1.29, 1.82) is 0 Å². The minimum Gasteiger partial charge on any atom is -0.496 e. The summed E-state index contributed by atoms with van der Waals surface area (Å²) in [5, 5.41) is 14.2. The molecule has 168 valence electrons. The molecule has 1 atom stereocenters. The summed E-state index contributed by atoms with van der Waals surface area (Å²) in [6.45, 7) is 0.208. The van der Waals surface area contributed by atoms with E-state index < -0.39 is 18.0 Å². The maximum atomic E-state index is 13.0. The number of nitrogens with one attached hydrogen (secondary N) is 2. The summed E-state index contributed by atoms with van der Waals surface area (Å²) in [6.07, 6.45) is 1.24. The molecule has 0 fully saturated rings. The highest BCUT2D eigenvalue weighted by Gasteiger charge is 2.24. The van der Waals surface area contributed by atoms with Crippen molar-refractivity contribution in [2.24, 2.45) is 0 Å². The summed E-state index contributed by atoms with van der Waals surface area (Å²) in [5.74, 6) is 0.629. The summed E-state index contributed by atoms with van der Waals surface area (Å²) in [5.41, 5.74) is 7.35. The molecule has 0 saturated carbocycles. The van der Waals surface area contributed by atoms with Crippen molar-refractivity contribution in [3.8, 4) is 17.1 Å². The summed E-state index contributed by atoms with van der Waals surface area (Å²) < 4.78 is 11.2. The second-order valence-corrected chi connectivity index (χ2v) is 7.31. The van der Waals surface area contributed by atoms with Gasteiger partial charge in [-0.15, -0.1) is 0 Å². The van der Waals surface area contributed by atoms with E-state index in [-0.39, 0.29) is 23.0 Å². The highest BCUT2D eigenvalue weighted by Crippen LogP contribution is 2.29. The predicted octanol–water partition coefficient (Wildman–Crippen LogP) is 4.10. The van der Waals surface area contributed by atoms with Gasteiger partial charge in [0, 0.05) is 17.8 Å². The molecule has 0 spiro atoms. The predicted molar refractivity (Wildman–Crippen MR) is 120 cm³/mol. The van der Waals surface area contributed by atoms with Crippen LogP contribution in [0.25, 0.3) is 11.3 Å². The fraction of sp³-hybridized carbons (Fsp3) is 0.227. The third-order valence-corrected chi connectivity index (χ3v) is 4.98. The van der Waals surface area contributed by atoms with Gasteiger partial charge < -0.3 is 30.6 Å². The zero-order valence-corrected chi connectivity index (χ0v) is 18.1. The first-order valence-corrected chi connectivity index (χ1v) is 10.2. The minimum atomic E-state index is -1.12. The third kappa shape index (κ3) is 5.70. The third-order valence-electron chi connectivity index (χ3n) is 4.67. The fourth-order valence-corrected chi connectivity index (χ4v) is 3.41. The molecule has 0 aliphatic carbocycles. The average Bonchev–Trinajstić information content (AvgIpc) is 3.25. The molecular weight excluding hydrogens is 436 g/mol. The van der Waals surface area contributed by atoms with Crippen molar-refractivity contribution in [1.82, 2.24) is 15.6 Å². The number of oxazole rings is 1. The molecule has 2 aromatic carbocycles. The van der Waals surface area contributed by atoms with Gasteiger partial charge in [0.05, 0.1) is 23.9 Å². The van der Waals surface area contributed by atoms with Crippen LogP contribution in [-0.4, -0.2) is 35.7 Å². The summed E-state index contributed by atoms with van der Waals surface area (Å²) in [7, 11) is 1.45. The quantitative estimate of drug-likeness (QED) is 0.279. The van der Waals surface area contributed by atoms with Crippen molar-refractivity contribution in [2.75, 3.05) is 19.4 Å². The van der Waals surface area contributed by atoms with Crippen LogP contribution in [0, 0.1) is 0 Å². The van der Waals surface area contributed by atoms with Crippen LogP contribution in [0.5, 0.6) is 5.75 Å². The molecule has 1 aromatic heterocycles. The summed E-state index contributed by atoms with van der Waals surface area (Å²) in [6, 6.07) is 11.4. The lowest BCUT2D eigenvalue weighted by Gasteiger charge is -2.17. The number of rotatable bonds is 9. The second kappa shape index (κ2) is 10.5. The van der Waals surface area contributed by atoms with Crippen LogP contribution in [0.3, 0.4) is 0 Å². The smallest absolute Gasteiger partial charge is 0.404 e. The molecule has 1 heterocycles. The number of methoxy groups -OCH3 is 1. The number of hydrogen-bond donors (Lipinski definition) is 4. The van der Waals surface area contributed by atoms with Gasteiger partial charge >= 0.3 is 6.09 Å². The Morgan fingerprint density at radius 1 is 1.28 bits per heavy atom. The van der Waals surface area contributed by atoms with E-state index >= 15 is 0 Å². The van der Waals surface area contributed by atoms with Gasteiger partial charge in [-0.1, -0.05) is 29.8 Å². The first kappa shape index (κ1) is 23.0. The minimum absolute atomic E-state index is 0.188. The standard InChI is InChI=1S/C22H23ClN4O5/c1-31-17-9-3-7-15(23)19(17)20(28)27-16(8-4-10-25-22(29)30)21-26-12-18(32-21)13-5-2-6-14(24)11-13/h2-3,5-7,9,11-12,16,25H,4,8,10,24H2,1H3,(H,27,28)(H,29,30)/t16-/m0/s1. The molecule has 0 unspecified atom stereocenters. The van der Waals surface area contributed by atoms with Crippen LogP contribution in [0.2, 0.25) is 5.02 Å². The molecule has 9 nitrogen and oxygen atoms in total. The van der Waals surface area contributed by atoms with Crippen LogP contribution >= 0.6 is 11.6 Å². The molecule has 0 aliphatic heterocycles. The Hall–Kier alpha value is -3.72. The molecular formula is C22H23ClN4O5. The van der Waals surface area contributed by atoms with E-state index in [0.29, 0.717) is 30.0 Å². The van der Waals surface area contributed by atoms with Crippen LogP contribution < -0.4 is 21.1 Å². The Labute approximate surface area is 189 Å². The van der Waals surface area contributed by atoms with E-state index in [1.165, 1.54) is 7.11 Å². The number of carbonyl (C=O) groups is 2. The van der Waals surface area contributed by atoms with Gasteiger partial charge in [-0.05, 0) is 37.1 Å². The van der Waals surface area contributed by atoms with Crippen molar-refractivity contribution in [2.45, 2.75) is 18.9 Å². The Kier molecular flexibility index (Phi) is 7.56. The van der Waals surface area contributed by atoms with E-state index in [0.717, 1.165) is 5.56 Å². The topological polar surface area (TPSA) is 140 Å². The van der Waals surface area contributed by atoms with Gasteiger partial charge in [0.2, 0.25) is 5.89 Å². The van der Waals surface area contributed by atoms with Crippen LogP contribution in [0.1, 0.15) is 35.1 Å². The van der Waals surface area contributed by atoms with Gasteiger partial charge in [0.15, 0.2) is 5.76 Å². The number of carbonyl (C=O) groups excluding carboxylic acids is 1. The molecule has 2 amide bonds. The van der Waals surface area contributed by atoms with Gasteiger partial charge in [-0.25, -0.2) is 9.78 Å². The lowest BCUT2D eigenvalue weighted by Crippen LogP contribution is -2.30. The zero-order valence-electron chi connectivity index (χ0n) is 17.3. The highest BCUT2D eigenvalue weighted by molar-refractivity contribution is 6.34. The number of anilines is 1. The first-order chi connectivity index (χ1) is 15.4. The number of halogens is 1. The number of ether oxygens (including phenoxy) is 1. The van der Waals surface area contributed by atoms with E-state index in [9.17, 15) is 9.59 Å². The molecule has 0 radical (unpaired) electrons. The number of nitrogens with zero attached hydrogens (tertiary/aromatic N) is 1. The fourth-order valence-electron chi connectivity index (χ4n) is 3.16. The number of nitrogen functional groups attached to an aromatic ring is 1. The Morgan fingerprint density at radius 3 is 2.78 bits per heavy atom. The highest BCUT2D eigenvalue weighted by atomic mass is 35.5. The molecule has 5 N–H and O–H groups in total. The largest absolute Gasteiger partial charge is 0.496 e. The molecule has 3 rings (SSSR count). The normalized spacial score (nSPS) is 11.6. The monoisotopic (exact) mass is 458 g/mol. The van der Waals surface area contributed by atoms with Crippen molar-refractivity contribution in [3.05, 3.63) is 65.1 Å². The lowest BCUT2D eigenvalue weighted by atomic mass is 10.1. The summed E-state index contributed by atoms with van der Waals surface area (Å²) >= 11 is 6.23. The number of carboxylic acid groups (broad SMARTS) is 1. The SMILES string of the molecule is COc1cccc(Cl)c1C(=O)N[C@@H](CCCNC(=O)O)c1ncc(-c2cccc(N)c2)o1. The average molecular weight is 459 g/mol. The van der Waals surface area contributed by atoms with E-state index in [2.05, 4.69) is 15.6 Å². The molecule has 32 heavy (non-hydrogen) atoms. The number of nitrogens with two attached hydrogens (primary N) is 1. The first-order valence-electron chi connectivity index (χ1n) is 9.81. The Balaban J connectivity index is 1.84. The van der Waals surface area contributed by atoms with E-state index in [1.807, 2.05) is 6.07 Å². The number of amides is 2. The van der Waals surface area contributed by atoms with Gasteiger partial charge in [-0.2, -0.15) is 0 Å². The molecule has 0 saturated heterocycles. The number of hydrogen-bond acceptors (Lipinski definition) is 6. The molecule has 0 bridgehead atoms. The van der Waals surface area contributed by atoms with Crippen molar-refractivity contribution < 1.29 is 23.8 Å². The van der Waals surface area contributed by atoms with Crippen LogP contribution in [-0.2, 0) is 0 Å². The lowest BCUT2D eigenvalue weighted by molar-refractivity contribution is 0.0924. The van der Waals surface area contributed by atoms with Crippen LogP contribution in [0.4, 0.5) is 10.5 Å². The zero-order chi connectivity index (χ0) is 23.1. The van der Waals surface area contributed by atoms with Crippen molar-refractivity contribution >= 4 is 29.3 Å². The maximum Gasteiger partial charge on any atom is 0.404 e. The summed E-state index contributed by atoms with van der Waals surface area (Å²) in [4.78, 5) is 28.1. The molecule has 3 aromatic rings. The number of aromatic nitrogens is 1. The van der Waals surface area contributed by atoms with Gasteiger partial charge in [0.25, 0.3) is 5.91 Å². The van der Waals surface area contributed by atoms with Crippen molar-refractivity contribution in [3.63, 3.8) is 0 Å². The Morgan fingerprint density at radius 2 is 2.06 bits per heavy atom. The van der Waals surface area contributed by atoms with Gasteiger partial charge in [-0.3, -0.25) is 4.79 Å². The van der Waals surface area contributed by atoms with Crippen LogP contribution in [0.15, 0.2) is 53.1 Å². The van der Waals surface area contributed by atoms with E-state index in [1.54, 1.807) is 42.6 Å². The number of benzene rings is 2.